The fraction of sp³-hybridized carbons (Fsp3) is 0.353. The van der Waals surface area contributed by atoms with Gasteiger partial charge in [0.25, 0.3) is 0 Å². The van der Waals surface area contributed by atoms with Crippen LogP contribution in [0.15, 0.2) is 48.7 Å². The zero-order chi connectivity index (χ0) is 14.5. The fourth-order valence-electron chi connectivity index (χ4n) is 2.76. The minimum Gasteiger partial charge on any atom is -0.368 e. The summed E-state index contributed by atoms with van der Waals surface area (Å²) in [7, 11) is 1.98. The van der Waals surface area contributed by atoms with Crippen LogP contribution in [0.3, 0.4) is 0 Å². The van der Waals surface area contributed by atoms with E-state index in [9.17, 15) is 0 Å². The van der Waals surface area contributed by atoms with Gasteiger partial charge in [0.1, 0.15) is 5.82 Å². The van der Waals surface area contributed by atoms with Crippen LogP contribution in [-0.2, 0) is 6.54 Å². The number of hydrogen-bond acceptors (Lipinski definition) is 4. The van der Waals surface area contributed by atoms with Crippen molar-refractivity contribution in [2.24, 2.45) is 0 Å². The van der Waals surface area contributed by atoms with Crippen molar-refractivity contribution in [2.75, 3.05) is 43.0 Å². The van der Waals surface area contributed by atoms with Crippen LogP contribution in [0.25, 0.3) is 0 Å². The summed E-state index contributed by atoms with van der Waals surface area (Å²) >= 11 is 0. The van der Waals surface area contributed by atoms with Gasteiger partial charge in [0.2, 0.25) is 0 Å². The Morgan fingerprint density at radius 3 is 2.29 bits per heavy atom. The molecule has 2 aromatic rings. The number of nitrogens with one attached hydrogen (secondary N) is 1. The molecule has 1 aromatic carbocycles. The summed E-state index contributed by atoms with van der Waals surface area (Å²) in [5.41, 5.74) is 2.64. The van der Waals surface area contributed by atoms with Crippen LogP contribution >= 0.6 is 0 Å². The molecule has 0 aliphatic carbocycles. The molecule has 4 heteroatoms. The Morgan fingerprint density at radius 1 is 0.952 bits per heavy atom. The van der Waals surface area contributed by atoms with Crippen molar-refractivity contribution in [1.29, 1.82) is 0 Å². The van der Waals surface area contributed by atoms with Gasteiger partial charge in [0.05, 0.1) is 0 Å². The molecular weight excluding hydrogens is 260 g/mol. The molecule has 0 atom stereocenters. The molecule has 1 saturated heterocycles. The number of rotatable bonds is 4. The Labute approximate surface area is 126 Å². The van der Waals surface area contributed by atoms with Gasteiger partial charge >= 0.3 is 0 Å². The first-order valence-corrected chi connectivity index (χ1v) is 7.51. The smallest absolute Gasteiger partial charge is 0.128 e. The van der Waals surface area contributed by atoms with E-state index in [-0.39, 0.29) is 0 Å². The number of aromatic nitrogens is 1. The van der Waals surface area contributed by atoms with Crippen LogP contribution in [0, 0.1) is 0 Å². The molecule has 0 spiro atoms. The lowest BCUT2D eigenvalue weighted by atomic mass is 10.2. The number of piperazine rings is 1. The van der Waals surface area contributed by atoms with Crippen LogP contribution < -0.4 is 15.1 Å². The second-order valence-corrected chi connectivity index (χ2v) is 5.36. The molecule has 0 amide bonds. The highest BCUT2D eigenvalue weighted by Gasteiger charge is 2.17. The number of benzene rings is 1. The van der Waals surface area contributed by atoms with Crippen molar-refractivity contribution in [3.8, 4) is 0 Å². The first-order chi connectivity index (χ1) is 10.4. The lowest BCUT2D eigenvalue weighted by molar-refractivity contribution is 0.647. The van der Waals surface area contributed by atoms with Crippen molar-refractivity contribution in [3.63, 3.8) is 0 Å². The third kappa shape index (κ3) is 3.34. The molecule has 0 bridgehead atoms. The molecule has 1 aromatic heterocycles. The maximum atomic E-state index is 4.43. The molecule has 0 unspecified atom stereocenters. The molecular formula is C17H22N4. The Balaban J connectivity index is 1.60. The average molecular weight is 282 g/mol. The summed E-state index contributed by atoms with van der Waals surface area (Å²) in [6.45, 7) is 5.06. The monoisotopic (exact) mass is 282 g/mol. The number of nitrogens with zero attached hydrogens (tertiary/aromatic N) is 3. The third-order valence-electron chi connectivity index (χ3n) is 3.94. The van der Waals surface area contributed by atoms with Gasteiger partial charge in [-0.15, -0.1) is 0 Å². The van der Waals surface area contributed by atoms with Gasteiger partial charge < -0.3 is 15.1 Å². The summed E-state index contributed by atoms with van der Waals surface area (Å²) < 4.78 is 0. The van der Waals surface area contributed by atoms with E-state index in [2.05, 4.69) is 56.5 Å². The molecule has 1 aliphatic rings. The third-order valence-corrected chi connectivity index (χ3v) is 3.94. The van der Waals surface area contributed by atoms with E-state index in [4.69, 9.17) is 0 Å². The van der Waals surface area contributed by atoms with Crippen LogP contribution in [0.4, 0.5) is 11.5 Å². The Hall–Kier alpha value is -2.07. The topological polar surface area (TPSA) is 31.4 Å². The van der Waals surface area contributed by atoms with Gasteiger partial charge in [-0.3, -0.25) is 0 Å². The van der Waals surface area contributed by atoms with Gasteiger partial charge in [0, 0.05) is 44.6 Å². The van der Waals surface area contributed by atoms with Gasteiger partial charge in [-0.2, -0.15) is 0 Å². The number of anilines is 2. The quantitative estimate of drug-likeness (QED) is 0.931. The molecule has 1 fully saturated rings. The largest absolute Gasteiger partial charge is 0.368 e. The van der Waals surface area contributed by atoms with E-state index in [0.717, 1.165) is 38.5 Å². The second kappa shape index (κ2) is 6.59. The predicted octanol–water partition coefficient (Wildman–Crippen LogP) is 2.13. The van der Waals surface area contributed by atoms with E-state index < -0.39 is 0 Å². The maximum Gasteiger partial charge on any atom is 0.128 e. The molecule has 21 heavy (non-hydrogen) atoms. The van der Waals surface area contributed by atoms with Crippen molar-refractivity contribution < 1.29 is 0 Å². The maximum absolute atomic E-state index is 4.43. The van der Waals surface area contributed by atoms with E-state index in [1.165, 1.54) is 11.3 Å². The Kier molecular flexibility index (Phi) is 4.36. The van der Waals surface area contributed by atoms with Gasteiger partial charge in [-0.1, -0.05) is 18.2 Å². The average Bonchev–Trinajstić information content (AvgIpc) is 2.57. The molecule has 1 aliphatic heterocycles. The highest BCUT2D eigenvalue weighted by molar-refractivity contribution is 5.50. The molecule has 0 radical (unpaired) electrons. The lowest BCUT2D eigenvalue weighted by Crippen LogP contribution is -2.46. The summed E-state index contributed by atoms with van der Waals surface area (Å²) in [4.78, 5) is 9.23. The lowest BCUT2D eigenvalue weighted by Gasteiger charge is -2.36. The second-order valence-electron chi connectivity index (χ2n) is 5.36. The zero-order valence-corrected chi connectivity index (χ0v) is 12.5. The van der Waals surface area contributed by atoms with Gasteiger partial charge in [-0.05, 0) is 36.9 Å². The van der Waals surface area contributed by atoms with Crippen LogP contribution in [0.2, 0.25) is 0 Å². The Morgan fingerprint density at radius 2 is 1.67 bits per heavy atom. The van der Waals surface area contributed by atoms with Crippen molar-refractivity contribution in [3.05, 3.63) is 54.2 Å². The van der Waals surface area contributed by atoms with E-state index in [1.807, 2.05) is 19.3 Å². The highest BCUT2D eigenvalue weighted by atomic mass is 15.3. The molecule has 0 saturated carbocycles. The van der Waals surface area contributed by atoms with Crippen LogP contribution in [0.5, 0.6) is 0 Å². The van der Waals surface area contributed by atoms with Crippen molar-refractivity contribution in [2.45, 2.75) is 6.54 Å². The van der Waals surface area contributed by atoms with Crippen molar-refractivity contribution >= 4 is 11.5 Å². The SMILES string of the molecule is CNCc1ccc(N2CCN(c3ccccn3)CC2)cc1. The van der Waals surface area contributed by atoms with Gasteiger partial charge in [-0.25, -0.2) is 4.98 Å². The molecule has 1 N–H and O–H groups in total. The molecule has 110 valence electrons. The Bertz CT molecular complexity index is 545. The van der Waals surface area contributed by atoms with Crippen molar-refractivity contribution in [1.82, 2.24) is 10.3 Å². The van der Waals surface area contributed by atoms with E-state index in [0.29, 0.717) is 0 Å². The zero-order valence-electron chi connectivity index (χ0n) is 12.5. The minimum absolute atomic E-state index is 0.924. The van der Waals surface area contributed by atoms with E-state index >= 15 is 0 Å². The fourth-order valence-corrected chi connectivity index (χ4v) is 2.76. The van der Waals surface area contributed by atoms with E-state index in [1.54, 1.807) is 0 Å². The van der Waals surface area contributed by atoms with Crippen LogP contribution in [0.1, 0.15) is 5.56 Å². The first kappa shape index (κ1) is 13.9. The first-order valence-electron chi connectivity index (χ1n) is 7.51. The number of pyridine rings is 1. The molecule has 3 rings (SSSR count). The van der Waals surface area contributed by atoms with Crippen LogP contribution in [-0.4, -0.2) is 38.2 Å². The standard InChI is InChI=1S/C17H22N4/c1-18-14-15-5-7-16(8-6-15)20-10-12-21(13-11-20)17-4-2-3-9-19-17/h2-9,18H,10-14H2,1H3. The molecule has 4 nitrogen and oxygen atoms in total. The van der Waals surface area contributed by atoms with Gasteiger partial charge in [0.15, 0.2) is 0 Å². The summed E-state index contributed by atoms with van der Waals surface area (Å²) in [5.74, 6) is 1.08. The normalized spacial score (nSPS) is 15.3. The highest BCUT2D eigenvalue weighted by Crippen LogP contribution is 2.19. The summed E-state index contributed by atoms with van der Waals surface area (Å²) in [6.07, 6.45) is 1.86. The molecule has 2 heterocycles. The minimum atomic E-state index is 0.924. The summed E-state index contributed by atoms with van der Waals surface area (Å²) in [5, 5.41) is 3.18. The predicted molar refractivity (Wildman–Crippen MR) is 87.9 cm³/mol. The summed E-state index contributed by atoms with van der Waals surface area (Å²) in [6, 6.07) is 15.0. The number of hydrogen-bond donors (Lipinski definition) is 1.